The molecule has 1 aromatic carbocycles. The van der Waals surface area contributed by atoms with E-state index in [1.54, 1.807) is 12.1 Å². The van der Waals surface area contributed by atoms with Gasteiger partial charge in [-0.3, -0.25) is 10.1 Å². The van der Waals surface area contributed by atoms with Gasteiger partial charge in [-0.05, 0) is 12.6 Å². The minimum Gasteiger partial charge on any atom is -0.870 e. The first-order valence-corrected chi connectivity index (χ1v) is 4.39. The summed E-state index contributed by atoms with van der Waals surface area (Å²) in [4.78, 5) is 10.2. The summed E-state index contributed by atoms with van der Waals surface area (Å²) in [7, 11) is 0. The number of rotatable bonds is 4. The number of hydrogen-bond donors (Lipinski definition) is 2. The Bertz CT molecular complexity index is 349. The van der Waals surface area contributed by atoms with Crippen molar-refractivity contribution >= 4 is 11.4 Å². The van der Waals surface area contributed by atoms with Crippen LogP contribution in [0.25, 0.3) is 0 Å². The van der Waals surface area contributed by atoms with Crippen LogP contribution in [0.3, 0.4) is 0 Å². The number of nitrogen functional groups attached to an aromatic ring is 1. The molecule has 0 bridgehead atoms. The summed E-state index contributed by atoms with van der Waals surface area (Å²) in [6, 6.07) is 4.71. The zero-order chi connectivity index (χ0) is 10.6. The predicted octanol–water partition coefficient (Wildman–Crippen LogP) is -2.71. The molecular weight excluding hydrogens is 221 g/mol. The van der Waals surface area contributed by atoms with Gasteiger partial charge in [0, 0.05) is 18.3 Å². The van der Waals surface area contributed by atoms with Gasteiger partial charge in [0.2, 0.25) is 0 Å². The molecule has 8 heteroatoms. The van der Waals surface area contributed by atoms with Crippen LogP contribution in [-0.4, -0.2) is 22.4 Å². The van der Waals surface area contributed by atoms with Gasteiger partial charge in [0.25, 0.3) is 5.69 Å². The van der Waals surface area contributed by atoms with Crippen molar-refractivity contribution in [2.75, 3.05) is 12.3 Å². The number of nitro benzene ring substituents is 1. The SMILES string of the molecule is CCNCc1c(N)cccc1[N+](=O)[O-].O.[Li+].[OH-]. The second-order valence-electron chi connectivity index (χ2n) is 2.88. The molecule has 7 nitrogen and oxygen atoms in total. The molecule has 1 rings (SSSR count). The molecule has 0 saturated carbocycles. The van der Waals surface area contributed by atoms with Crippen molar-refractivity contribution in [3.8, 4) is 0 Å². The zero-order valence-electron chi connectivity index (χ0n) is 9.93. The van der Waals surface area contributed by atoms with E-state index in [1.807, 2.05) is 6.92 Å². The maximum atomic E-state index is 10.7. The number of anilines is 1. The van der Waals surface area contributed by atoms with Gasteiger partial charge in [-0.15, -0.1) is 0 Å². The van der Waals surface area contributed by atoms with Gasteiger partial charge >= 0.3 is 18.9 Å². The summed E-state index contributed by atoms with van der Waals surface area (Å²) < 4.78 is 0. The molecule has 17 heavy (non-hydrogen) atoms. The monoisotopic (exact) mass is 237 g/mol. The Morgan fingerprint density at radius 1 is 1.47 bits per heavy atom. The van der Waals surface area contributed by atoms with Crippen LogP contribution in [0.2, 0.25) is 0 Å². The van der Waals surface area contributed by atoms with Crippen LogP contribution in [0.1, 0.15) is 12.5 Å². The molecule has 0 heterocycles. The Morgan fingerprint density at radius 3 is 2.53 bits per heavy atom. The summed E-state index contributed by atoms with van der Waals surface area (Å²) in [6.07, 6.45) is 0. The molecule has 0 fully saturated rings. The van der Waals surface area contributed by atoms with Crippen molar-refractivity contribution in [1.82, 2.24) is 5.32 Å². The number of nitro groups is 1. The third-order valence-corrected chi connectivity index (χ3v) is 1.94. The van der Waals surface area contributed by atoms with E-state index in [0.717, 1.165) is 6.54 Å². The van der Waals surface area contributed by atoms with Crippen LogP contribution in [0.15, 0.2) is 18.2 Å². The van der Waals surface area contributed by atoms with Gasteiger partial charge in [-0.1, -0.05) is 13.0 Å². The largest absolute Gasteiger partial charge is 1.00 e. The molecule has 0 atom stereocenters. The molecular formula is C9H16LiN3O4. The molecule has 0 aliphatic heterocycles. The van der Waals surface area contributed by atoms with Crippen molar-refractivity contribution in [2.45, 2.75) is 13.5 Å². The minimum atomic E-state index is -0.414. The number of nitrogens with two attached hydrogens (primary N) is 1. The van der Waals surface area contributed by atoms with Crippen LogP contribution in [-0.2, 0) is 6.54 Å². The van der Waals surface area contributed by atoms with Gasteiger partial charge in [0.05, 0.1) is 10.5 Å². The van der Waals surface area contributed by atoms with E-state index < -0.39 is 4.92 Å². The first-order valence-electron chi connectivity index (χ1n) is 4.39. The zero-order valence-corrected chi connectivity index (χ0v) is 9.93. The normalized spacial score (nSPS) is 8.29. The molecule has 0 unspecified atom stereocenters. The Kier molecular flexibility index (Phi) is 12.6. The maximum Gasteiger partial charge on any atom is 1.00 e. The molecule has 1 aromatic rings. The van der Waals surface area contributed by atoms with Crippen molar-refractivity contribution < 1.29 is 34.7 Å². The van der Waals surface area contributed by atoms with E-state index in [9.17, 15) is 10.1 Å². The molecule has 0 amide bonds. The average Bonchev–Trinajstić information content (AvgIpc) is 2.15. The number of nitrogens with one attached hydrogen (secondary N) is 1. The molecule has 0 aliphatic carbocycles. The van der Waals surface area contributed by atoms with Gasteiger partial charge in [-0.2, -0.15) is 0 Å². The van der Waals surface area contributed by atoms with Crippen LogP contribution >= 0.6 is 0 Å². The number of hydrogen-bond acceptors (Lipinski definition) is 5. The quantitative estimate of drug-likeness (QED) is 0.253. The van der Waals surface area contributed by atoms with Crippen LogP contribution < -0.4 is 29.9 Å². The second kappa shape index (κ2) is 10.1. The third kappa shape index (κ3) is 5.67. The van der Waals surface area contributed by atoms with Crippen molar-refractivity contribution in [3.63, 3.8) is 0 Å². The summed E-state index contributed by atoms with van der Waals surface area (Å²) in [6.45, 7) is 3.12. The van der Waals surface area contributed by atoms with E-state index >= 15 is 0 Å². The fraction of sp³-hybridized carbons (Fsp3) is 0.333. The van der Waals surface area contributed by atoms with E-state index in [-0.39, 0.29) is 35.5 Å². The first-order chi connectivity index (χ1) is 6.66. The van der Waals surface area contributed by atoms with Crippen LogP contribution in [0.5, 0.6) is 0 Å². The molecule has 0 aliphatic rings. The second-order valence-corrected chi connectivity index (χ2v) is 2.88. The molecule has 6 N–H and O–H groups in total. The molecule has 0 saturated heterocycles. The molecule has 0 radical (unpaired) electrons. The summed E-state index contributed by atoms with van der Waals surface area (Å²) in [5, 5.41) is 13.7. The topological polar surface area (TPSA) is 143 Å². The standard InChI is InChI=1S/C9H13N3O2.Li.2H2O/c1-2-11-6-7-8(10)4-3-5-9(7)12(13)14;;;/h3-5,11H,2,6,10H2,1H3;;2*1H2/q;+1;;/p-1. The summed E-state index contributed by atoms with van der Waals surface area (Å²) in [5.74, 6) is 0. The Hall–Kier alpha value is -1.10. The van der Waals surface area contributed by atoms with E-state index in [0.29, 0.717) is 17.8 Å². The van der Waals surface area contributed by atoms with E-state index in [1.165, 1.54) is 6.07 Å². The third-order valence-electron chi connectivity index (χ3n) is 1.94. The van der Waals surface area contributed by atoms with Crippen molar-refractivity contribution in [1.29, 1.82) is 0 Å². The van der Waals surface area contributed by atoms with Crippen LogP contribution in [0, 0.1) is 10.1 Å². The van der Waals surface area contributed by atoms with Gasteiger partial charge in [0.1, 0.15) is 0 Å². The van der Waals surface area contributed by atoms with Gasteiger partial charge < -0.3 is 22.0 Å². The molecule has 92 valence electrons. The van der Waals surface area contributed by atoms with Gasteiger partial charge in [-0.25, -0.2) is 0 Å². The smallest absolute Gasteiger partial charge is 0.870 e. The van der Waals surface area contributed by atoms with Crippen molar-refractivity contribution in [3.05, 3.63) is 33.9 Å². The van der Waals surface area contributed by atoms with Crippen LogP contribution in [0.4, 0.5) is 11.4 Å². The average molecular weight is 237 g/mol. The van der Waals surface area contributed by atoms with E-state index in [4.69, 9.17) is 5.73 Å². The maximum absolute atomic E-state index is 10.7. The molecule has 0 spiro atoms. The number of benzene rings is 1. The first kappa shape index (κ1) is 21.2. The van der Waals surface area contributed by atoms with Gasteiger partial charge in [0.15, 0.2) is 0 Å². The molecule has 0 aromatic heterocycles. The Morgan fingerprint density at radius 2 is 2.06 bits per heavy atom. The number of nitrogens with zero attached hydrogens (tertiary/aromatic N) is 1. The van der Waals surface area contributed by atoms with Crippen molar-refractivity contribution in [2.24, 2.45) is 0 Å². The Balaban J connectivity index is -0.000000653. The summed E-state index contributed by atoms with van der Waals surface area (Å²) >= 11 is 0. The van der Waals surface area contributed by atoms with E-state index in [2.05, 4.69) is 5.32 Å². The predicted molar refractivity (Wildman–Crippen MR) is 60.4 cm³/mol. The summed E-state index contributed by atoms with van der Waals surface area (Å²) in [5.41, 5.74) is 6.74. The fourth-order valence-corrected chi connectivity index (χ4v) is 1.21. The Labute approximate surface area is 111 Å². The fourth-order valence-electron chi connectivity index (χ4n) is 1.21. The minimum absolute atomic E-state index is 0.